The topological polar surface area (TPSA) is 77.1 Å². The first-order valence-corrected chi connectivity index (χ1v) is 10.4. The monoisotopic (exact) mass is 501 g/mol. The Balaban J connectivity index is 1.61. The molecule has 0 bridgehead atoms. The van der Waals surface area contributed by atoms with E-state index in [0.29, 0.717) is 14.8 Å². The molecule has 148 valence electrons. The second-order valence-corrected chi connectivity index (χ2v) is 9.05. The number of aryl methyl sites for hydroxylation is 1. The van der Waals surface area contributed by atoms with Gasteiger partial charge in [0.05, 0.1) is 17.1 Å². The van der Waals surface area contributed by atoms with Crippen molar-refractivity contribution in [2.24, 2.45) is 0 Å². The molecular formula is C22H20IN3O3. The third kappa shape index (κ3) is 3.94. The summed E-state index contributed by atoms with van der Waals surface area (Å²) in [6, 6.07) is 13.5. The second-order valence-electron chi connectivity index (χ2n) is 8.03. The van der Waals surface area contributed by atoms with E-state index in [-0.39, 0.29) is 6.10 Å². The first-order chi connectivity index (χ1) is 13.7. The van der Waals surface area contributed by atoms with E-state index < -0.39 is 11.7 Å². The summed E-state index contributed by atoms with van der Waals surface area (Å²) in [5.74, 6) is 0.723. The van der Waals surface area contributed by atoms with E-state index in [4.69, 9.17) is 14.7 Å². The van der Waals surface area contributed by atoms with Gasteiger partial charge in [0.2, 0.25) is 0 Å². The number of fused-ring (bicyclic) bond motifs is 2. The molecule has 0 radical (unpaired) electrons. The largest absolute Gasteiger partial charge is 0.486 e. The first-order valence-electron chi connectivity index (χ1n) is 9.36. The minimum absolute atomic E-state index is 0.0474. The molecule has 7 heteroatoms. The van der Waals surface area contributed by atoms with E-state index in [1.54, 1.807) is 0 Å². The SMILES string of the molecule is CC(C)(C)OC(=O)n1nc(I)c2cc(OC3CCc4cc(C#N)ccc43)ccc21. The highest BCUT2D eigenvalue weighted by molar-refractivity contribution is 14.1. The zero-order valence-corrected chi connectivity index (χ0v) is 18.6. The molecule has 0 N–H and O–H groups in total. The fraction of sp³-hybridized carbons (Fsp3) is 0.318. The van der Waals surface area contributed by atoms with Crippen LogP contribution in [0.5, 0.6) is 5.75 Å². The van der Waals surface area contributed by atoms with Gasteiger partial charge in [0.25, 0.3) is 0 Å². The Labute approximate surface area is 182 Å². The van der Waals surface area contributed by atoms with Gasteiger partial charge in [0.15, 0.2) is 0 Å². The van der Waals surface area contributed by atoms with E-state index in [2.05, 4.69) is 33.8 Å². The molecule has 0 saturated heterocycles. The number of hydrogen-bond acceptors (Lipinski definition) is 5. The molecule has 0 fully saturated rings. The summed E-state index contributed by atoms with van der Waals surface area (Å²) in [5.41, 5.74) is 3.06. The zero-order chi connectivity index (χ0) is 20.8. The third-order valence-corrected chi connectivity index (χ3v) is 5.54. The van der Waals surface area contributed by atoms with Crippen molar-refractivity contribution in [3.05, 3.63) is 56.8 Å². The summed E-state index contributed by atoms with van der Waals surface area (Å²) >= 11 is 2.11. The number of benzene rings is 2. The van der Waals surface area contributed by atoms with Crippen LogP contribution < -0.4 is 4.74 Å². The lowest BCUT2D eigenvalue weighted by molar-refractivity contribution is 0.0522. The first kappa shape index (κ1) is 19.7. The smallest absolute Gasteiger partial charge is 0.435 e. The van der Waals surface area contributed by atoms with Crippen LogP contribution in [-0.4, -0.2) is 21.5 Å². The van der Waals surface area contributed by atoms with Crippen molar-refractivity contribution >= 4 is 39.6 Å². The van der Waals surface area contributed by atoms with Gasteiger partial charge in [0, 0.05) is 5.39 Å². The maximum absolute atomic E-state index is 12.5. The summed E-state index contributed by atoms with van der Waals surface area (Å²) in [6.07, 6.45) is 1.22. The highest BCUT2D eigenvalue weighted by Crippen LogP contribution is 2.36. The number of carbonyl (C=O) groups excluding carboxylic acids is 1. The fourth-order valence-electron chi connectivity index (χ4n) is 3.51. The van der Waals surface area contributed by atoms with Gasteiger partial charge in [-0.1, -0.05) is 6.07 Å². The van der Waals surface area contributed by atoms with E-state index in [1.807, 2.05) is 57.2 Å². The van der Waals surface area contributed by atoms with Crippen molar-refractivity contribution in [2.75, 3.05) is 0 Å². The number of hydrogen-bond donors (Lipinski definition) is 0. The molecule has 29 heavy (non-hydrogen) atoms. The van der Waals surface area contributed by atoms with Crippen LogP contribution in [0.25, 0.3) is 10.9 Å². The highest BCUT2D eigenvalue weighted by atomic mass is 127. The Morgan fingerprint density at radius 3 is 2.79 bits per heavy atom. The fourth-order valence-corrected chi connectivity index (χ4v) is 4.16. The van der Waals surface area contributed by atoms with E-state index in [0.717, 1.165) is 29.5 Å². The van der Waals surface area contributed by atoms with Gasteiger partial charge in [-0.2, -0.15) is 15.0 Å². The number of ether oxygens (including phenoxy) is 2. The molecule has 0 amide bonds. The summed E-state index contributed by atoms with van der Waals surface area (Å²) in [4.78, 5) is 12.5. The minimum atomic E-state index is -0.592. The quantitative estimate of drug-likeness (QED) is 0.442. The van der Waals surface area contributed by atoms with Gasteiger partial charge in [-0.25, -0.2) is 4.79 Å². The molecule has 1 aliphatic rings. The van der Waals surface area contributed by atoms with Crippen molar-refractivity contribution in [2.45, 2.75) is 45.3 Å². The van der Waals surface area contributed by atoms with Crippen LogP contribution in [0, 0.1) is 15.0 Å². The Bertz CT molecular complexity index is 1150. The van der Waals surface area contributed by atoms with Crippen molar-refractivity contribution in [1.82, 2.24) is 9.78 Å². The molecule has 6 nitrogen and oxygen atoms in total. The Morgan fingerprint density at radius 1 is 1.28 bits per heavy atom. The van der Waals surface area contributed by atoms with Gasteiger partial charge in [-0.05, 0) is 97.7 Å². The molecule has 3 aromatic rings. The van der Waals surface area contributed by atoms with Gasteiger partial charge in [0.1, 0.15) is 21.2 Å². The van der Waals surface area contributed by atoms with Crippen LogP contribution >= 0.6 is 22.6 Å². The molecule has 0 saturated carbocycles. The summed E-state index contributed by atoms with van der Waals surface area (Å²) in [5, 5.41) is 14.3. The zero-order valence-electron chi connectivity index (χ0n) is 16.4. The van der Waals surface area contributed by atoms with E-state index in [9.17, 15) is 4.79 Å². The number of nitrogens with zero attached hydrogens (tertiary/aromatic N) is 3. The Hall–Kier alpha value is -2.60. The highest BCUT2D eigenvalue weighted by Gasteiger charge is 2.25. The number of carbonyl (C=O) groups is 1. The summed E-state index contributed by atoms with van der Waals surface area (Å²) < 4.78 is 13.7. The molecule has 0 aliphatic heterocycles. The van der Waals surface area contributed by atoms with Crippen LogP contribution in [0.3, 0.4) is 0 Å². The van der Waals surface area contributed by atoms with Crippen molar-refractivity contribution in [3.8, 4) is 11.8 Å². The normalized spacial score (nSPS) is 15.8. The van der Waals surface area contributed by atoms with Crippen LogP contribution in [0.2, 0.25) is 0 Å². The lowest BCUT2D eigenvalue weighted by Crippen LogP contribution is -2.27. The molecule has 1 aromatic heterocycles. The van der Waals surface area contributed by atoms with Gasteiger partial charge >= 0.3 is 6.09 Å². The molecular weight excluding hydrogens is 481 g/mol. The Kier molecular flexibility index (Phi) is 4.99. The lowest BCUT2D eigenvalue weighted by Gasteiger charge is -2.19. The molecule has 4 rings (SSSR count). The van der Waals surface area contributed by atoms with Crippen LogP contribution in [-0.2, 0) is 11.2 Å². The predicted octanol–water partition coefficient (Wildman–Crippen LogP) is 5.36. The van der Waals surface area contributed by atoms with E-state index in [1.165, 1.54) is 10.2 Å². The van der Waals surface area contributed by atoms with Crippen LogP contribution in [0.1, 0.15) is 50.0 Å². The molecule has 1 atom stereocenters. The van der Waals surface area contributed by atoms with Crippen molar-refractivity contribution in [3.63, 3.8) is 0 Å². The predicted molar refractivity (Wildman–Crippen MR) is 117 cm³/mol. The van der Waals surface area contributed by atoms with E-state index >= 15 is 0 Å². The molecule has 0 spiro atoms. The molecule has 1 aliphatic carbocycles. The lowest BCUT2D eigenvalue weighted by atomic mass is 10.1. The maximum Gasteiger partial charge on any atom is 0.435 e. The van der Waals surface area contributed by atoms with Crippen molar-refractivity contribution in [1.29, 1.82) is 5.26 Å². The summed E-state index contributed by atoms with van der Waals surface area (Å²) in [6.45, 7) is 5.48. The van der Waals surface area contributed by atoms with Gasteiger partial charge < -0.3 is 9.47 Å². The van der Waals surface area contributed by atoms with Crippen LogP contribution in [0.4, 0.5) is 4.79 Å². The number of rotatable bonds is 2. The number of nitriles is 1. The van der Waals surface area contributed by atoms with Crippen molar-refractivity contribution < 1.29 is 14.3 Å². The third-order valence-electron chi connectivity index (χ3n) is 4.75. The molecule has 1 unspecified atom stereocenters. The molecule has 2 aromatic carbocycles. The molecule has 1 heterocycles. The average molecular weight is 501 g/mol. The standard InChI is InChI=1S/C22H20IN3O3/c1-22(2,3)29-21(27)26-18-8-6-15(11-17(18)20(23)25-26)28-19-9-5-14-10-13(12-24)4-7-16(14)19/h4,6-8,10-11,19H,5,9H2,1-3H3. The maximum atomic E-state index is 12.5. The Morgan fingerprint density at radius 2 is 2.07 bits per heavy atom. The average Bonchev–Trinajstić information content (AvgIpc) is 3.21. The van der Waals surface area contributed by atoms with Crippen LogP contribution in [0.15, 0.2) is 36.4 Å². The minimum Gasteiger partial charge on any atom is -0.486 e. The second kappa shape index (κ2) is 7.34. The van der Waals surface area contributed by atoms with Gasteiger partial charge in [-0.3, -0.25) is 0 Å². The summed E-state index contributed by atoms with van der Waals surface area (Å²) in [7, 11) is 0. The van der Waals surface area contributed by atoms with Gasteiger partial charge in [-0.15, -0.1) is 0 Å². The number of aromatic nitrogens is 2. The number of halogens is 1.